The molecule has 0 saturated heterocycles. The van der Waals surface area contributed by atoms with Crippen molar-refractivity contribution in [1.82, 2.24) is 29.1 Å². The molecule has 1 atom stereocenters. The Kier molecular flexibility index (Phi) is 6.41. The largest absolute Gasteiger partial charge is 0.480 e. The number of nitrogens with zero attached hydrogens (tertiary/aromatic N) is 6. The normalized spacial score (nSPS) is 15.1. The van der Waals surface area contributed by atoms with E-state index in [4.69, 9.17) is 14.6 Å². The van der Waals surface area contributed by atoms with Crippen molar-refractivity contribution in [2.24, 2.45) is 7.05 Å². The highest BCUT2D eigenvalue weighted by molar-refractivity contribution is 14.2. The number of aromatic nitrogens is 6. The standard InChI is InChI=1S/C22H22IN6O4P/c1-13-15-4-5-18-16-9-14(3-6-19(16)29(26-18)34-23)17-10-24-27(2)22(17)33-8-7-32-12-20(15)28(25-13)11-21(30)31/h3-6,9-10,34H,7-8,11-12H2,1-2H3,(H,30,31)/b5-4+. The second-order valence-corrected chi connectivity index (χ2v) is 9.87. The van der Waals surface area contributed by atoms with Crippen molar-refractivity contribution in [3.63, 3.8) is 0 Å². The van der Waals surface area contributed by atoms with Gasteiger partial charge in [0, 0.05) is 18.0 Å². The van der Waals surface area contributed by atoms with Crippen molar-refractivity contribution in [3.8, 4) is 17.0 Å². The van der Waals surface area contributed by atoms with Crippen molar-refractivity contribution in [2.45, 2.75) is 20.1 Å². The molecular formula is C22H22IN6O4P. The van der Waals surface area contributed by atoms with Gasteiger partial charge in [0.05, 0.1) is 53.9 Å². The molecule has 1 unspecified atom stereocenters. The van der Waals surface area contributed by atoms with Gasteiger partial charge >= 0.3 is 5.97 Å². The topological polar surface area (TPSA) is 109 Å². The van der Waals surface area contributed by atoms with Crippen LogP contribution in [0.1, 0.15) is 22.6 Å². The molecule has 0 amide bonds. The van der Waals surface area contributed by atoms with Gasteiger partial charge in [-0.15, -0.1) is 0 Å². The zero-order valence-electron chi connectivity index (χ0n) is 18.5. The summed E-state index contributed by atoms with van der Waals surface area (Å²) in [7, 11) is 1.84. The van der Waals surface area contributed by atoms with Crippen LogP contribution < -0.4 is 4.74 Å². The van der Waals surface area contributed by atoms with Gasteiger partial charge in [-0.05, 0) is 58.8 Å². The Morgan fingerprint density at radius 1 is 1.26 bits per heavy atom. The lowest BCUT2D eigenvalue weighted by Crippen LogP contribution is -2.15. The zero-order valence-corrected chi connectivity index (χ0v) is 21.7. The van der Waals surface area contributed by atoms with Gasteiger partial charge in [-0.1, -0.05) is 6.07 Å². The molecule has 0 fully saturated rings. The molecule has 1 aliphatic rings. The summed E-state index contributed by atoms with van der Waals surface area (Å²) in [6, 6.07) is 6.23. The lowest BCUT2D eigenvalue weighted by Gasteiger charge is -2.11. The molecule has 4 heterocycles. The van der Waals surface area contributed by atoms with Crippen LogP contribution in [-0.4, -0.2) is 53.4 Å². The van der Waals surface area contributed by atoms with E-state index in [1.807, 2.05) is 30.6 Å². The Balaban J connectivity index is 1.68. The minimum absolute atomic E-state index is 0.210. The number of benzene rings is 1. The number of carboxylic acids is 1. The number of aryl methyl sites for hydroxylation is 2. The summed E-state index contributed by atoms with van der Waals surface area (Å²) in [5, 5.41) is 24.0. The van der Waals surface area contributed by atoms with Crippen LogP contribution in [0.2, 0.25) is 0 Å². The van der Waals surface area contributed by atoms with Crippen molar-refractivity contribution >= 4 is 57.4 Å². The van der Waals surface area contributed by atoms with Gasteiger partial charge in [0.15, 0.2) is 0 Å². The van der Waals surface area contributed by atoms with Crippen molar-refractivity contribution in [2.75, 3.05) is 13.2 Å². The van der Waals surface area contributed by atoms with E-state index < -0.39 is 5.97 Å². The van der Waals surface area contributed by atoms with Crippen molar-refractivity contribution < 1.29 is 19.4 Å². The average molecular weight is 592 g/mol. The van der Waals surface area contributed by atoms with E-state index in [1.165, 1.54) is 4.68 Å². The predicted octanol–water partition coefficient (Wildman–Crippen LogP) is 3.90. The van der Waals surface area contributed by atoms with Crippen LogP contribution in [-0.2, 0) is 29.7 Å². The number of aliphatic carboxylic acids is 1. The SMILES string of the molecule is Cc1nn(CC(=O)O)c2c1/C=C/c1nn(PI)c3ccc(cc13)-c1cnn(C)c1OCCOC2. The number of ether oxygens (including phenoxy) is 2. The monoisotopic (exact) mass is 592 g/mol. The number of hydrogen-bond acceptors (Lipinski definition) is 6. The molecule has 1 N–H and O–H groups in total. The van der Waals surface area contributed by atoms with Gasteiger partial charge in [-0.2, -0.15) is 15.3 Å². The first-order valence-electron chi connectivity index (χ1n) is 10.5. The fourth-order valence-electron chi connectivity index (χ4n) is 4.09. The number of fused-ring (bicyclic) bond motifs is 4. The van der Waals surface area contributed by atoms with E-state index >= 15 is 0 Å². The van der Waals surface area contributed by atoms with E-state index in [0.717, 1.165) is 39.0 Å². The molecule has 1 aromatic carbocycles. The zero-order chi connectivity index (χ0) is 23.8. The quantitative estimate of drug-likeness (QED) is 0.284. The fraction of sp³-hybridized carbons (Fsp3) is 0.273. The minimum atomic E-state index is -0.961. The first kappa shape index (κ1) is 23.0. The molecular weight excluding hydrogens is 570 g/mol. The number of carboxylic acid groups (broad SMARTS) is 1. The molecule has 10 nitrogen and oxygen atoms in total. The molecule has 0 aliphatic carbocycles. The molecule has 3 aromatic heterocycles. The van der Waals surface area contributed by atoms with E-state index in [-0.39, 0.29) is 13.2 Å². The van der Waals surface area contributed by atoms with Crippen LogP contribution in [0.3, 0.4) is 0 Å². The first-order chi connectivity index (χ1) is 16.5. The summed E-state index contributed by atoms with van der Waals surface area (Å²) < 4.78 is 17.1. The summed E-state index contributed by atoms with van der Waals surface area (Å²) in [5.41, 5.74) is 6.01. The second-order valence-electron chi connectivity index (χ2n) is 7.83. The lowest BCUT2D eigenvalue weighted by molar-refractivity contribution is -0.138. The van der Waals surface area contributed by atoms with Crippen molar-refractivity contribution in [1.29, 1.82) is 0 Å². The molecule has 176 valence electrons. The number of hydrogen-bond donors (Lipinski definition) is 1. The summed E-state index contributed by atoms with van der Waals surface area (Å²) in [5.74, 6) is -0.303. The molecule has 12 heteroatoms. The third-order valence-corrected chi connectivity index (χ3v) is 7.54. The summed E-state index contributed by atoms with van der Waals surface area (Å²) >= 11 is 2.32. The summed E-state index contributed by atoms with van der Waals surface area (Å²) in [4.78, 5) is 11.4. The highest BCUT2D eigenvalue weighted by atomic mass is 127. The van der Waals surface area contributed by atoms with E-state index in [9.17, 15) is 9.90 Å². The Bertz CT molecular complexity index is 1420. The van der Waals surface area contributed by atoms with Crippen LogP contribution >= 0.6 is 28.4 Å². The van der Waals surface area contributed by atoms with Crippen molar-refractivity contribution in [3.05, 3.63) is 47.0 Å². The Labute approximate surface area is 209 Å². The summed E-state index contributed by atoms with van der Waals surface area (Å²) in [6.45, 7) is 2.49. The Hall–Kier alpha value is -2.76. The van der Waals surface area contributed by atoms with Gasteiger partial charge in [-0.25, -0.2) is 9.13 Å². The highest BCUT2D eigenvalue weighted by Gasteiger charge is 2.19. The van der Waals surface area contributed by atoms with Crippen LogP contribution in [0.15, 0.2) is 24.4 Å². The third kappa shape index (κ3) is 4.23. The molecule has 4 aromatic rings. The van der Waals surface area contributed by atoms with Crippen LogP contribution in [0, 0.1) is 6.92 Å². The van der Waals surface area contributed by atoms with Gasteiger partial charge < -0.3 is 14.6 Å². The van der Waals surface area contributed by atoms with E-state index in [2.05, 4.69) is 50.4 Å². The second kappa shape index (κ2) is 9.47. The third-order valence-electron chi connectivity index (χ3n) is 5.66. The van der Waals surface area contributed by atoms with Crippen LogP contribution in [0.25, 0.3) is 34.2 Å². The van der Waals surface area contributed by atoms with E-state index in [0.29, 0.717) is 31.2 Å². The minimum Gasteiger partial charge on any atom is -0.480 e. The van der Waals surface area contributed by atoms with Crippen LogP contribution in [0.4, 0.5) is 0 Å². The van der Waals surface area contributed by atoms with Crippen LogP contribution in [0.5, 0.6) is 5.88 Å². The van der Waals surface area contributed by atoms with Gasteiger partial charge in [-0.3, -0.25) is 9.48 Å². The molecule has 0 spiro atoms. The van der Waals surface area contributed by atoms with Gasteiger partial charge in [0.1, 0.15) is 13.2 Å². The molecule has 5 rings (SSSR count). The number of halogens is 1. The first-order valence-corrected chi connectivity index (χ1v) is 14.6. The van der Waals surface area contributed by atoms with E-state index in [1.54, 1.807) is 10.9 Å². The molecule has 34 heavy (non-hydrogen) atoms. The molecule has 0 saturated carbocycles. The maximum Gasteiger partial charge on any atom is 0.325 e. The Morgan fingerprint density at radius 2 is 2.12 bits per heavy atom. The smallest absolute Gasteiger partial charge is 0.325 e. The van der Waals surface area contributed by atoms with Gasteiger partial charge in [0.2, 0.25) is 5.88 Å². The van der Waals surface area contributed by atoms with Gasteiger partial charge in [0.25, 0.3) is 0 Å². The molecule has 2 bridgehead atoms. The Morgan fingerprint density at radius 3 is 2.91 bits per heavy atom. The lowest BCUT2D eigenvalue weighted by atomic mass is 10.0. The predicted molar refractivity (Wildman–Crippen MR) is 138 cm³/mol. The number of carbonyl (C=O) groups is 1. The molecule has 1 aliphatic heterocycles. The maximum absolute atomic E-state index is 11.4. The number of rotatable bonds is 3. The molecule has 0 radical (unpaired) electrons. The maximum atomic E-state index is 11.4. The highest BCUT2D eigenvalue weighted by Crippen LogP contribution is 2.36. The fourth-order valence-corrected chi connectivity index (χ4v) is 5.63. The summed E-state index contributed by atoms with van der Waals surface area (Å²) in [6.07, 6.45) is 6.15. The average Bonchev–Trinajstić information content (AvgIpc) is 3.44.